The van der Waals surface area contributed by atoms with E-state index in [4.69, 9.17) is 0 Å². The summed E-state index contributed by atoms with van der Waals surface area (Å²) < 4.78 is 38.1. The Morgan fingerprint density at radius 2 is 1.90 bits per heavy atom. The Morgan fingerprint density at radius 1 is 1.23 bits per heavy atom. The largest absolute Gasteiger partial charge is 0.416 e. The van der Waals surface area contributed by atoms with Crippen molar-refractivity contribution >= 4 is 28.3 Å². The first-order chi connectivity index (χ1) is 14.1. The maximum absolute atomic E-state index is 12.8. The molecule has 10 heteroatoms. The first-order valence-corrected chi connectivity index (χ1v) is 9.97. The van der Waals surface area contributed by atoms with E-state index in [9.17, 15) is 22.8 Å². The zero-order valence-electron chi connectivity index (χ0n) is 16.7. The van der Waals surface area contributed by atoms with Gasteiger partial charge < -0.3 is 9.80 Å². The van der Waals surface area contributed by atoms with Gasteiger partial charge in [0.1, 0.15) is 0 Å². The molecule has 1 aliphatic heterocycles. The molecule has 0 unspecified atom stereocenters. The van der Waals surface area contributed by atoms with Crippen molar-refractivity contribution in [3.63, 3.8) is 0 Å². The van der Waals surface area contributed by atoms with E-state index in [-0.39, 0.29) is 18.4 Å². The summed E-state index contributed by atoms with van der Waals surface area (Å²) in [6.45, 7) is 2.74. The zero-order chi connectivity index (χ0) is 22.1. The lowest BCUT2D eigenvalue weighted by atomic mass is 10.1. The van der Waals surface area contributed by atoms with Crippen LogP contribution >= 0.6 is 11.3 Å². The van der Waals surface area contributed by atoms with Gasteiger partial charge in [-0.1, -0.05) is 23.5 Å². The predicted molar refractivity (Wildman–Crippen MR) is 109 cm³/mol. The number of aryl methyl sites for hydroxylation is 1. The van der Waals surface area contributed by atoms with Gasteiger partial charge in [-0.15, -0.1) is 0 Å². The van der Waals surface area contributed by atoms with Gasteiger partial charge in [0.2, 0.25) is 0 Å². The van der Waals surface area contributed by atoms with Crippen molar-refractivity contribution in [3.05, 3.63) is 58.2 Å². The number of anilines is 1. The Bertz CT molecular complexity index is 967. The van der Waals surface area contributed by atoms with E-state index in [0.29, 0.717) is 34.4 Å². The number of aromatic nitrogens is 1. The van der Waals surface area contributed by atoms with Crippen LogP contribution in [0.4, 0.5) is 23.1 Å². The number of thiazole rings is 1. The molecule has 0 radical (unpaired) electrons. The average Bonchev–Trinajstić information content (AvgIpc) is 3.22. The van der Waals surface area contributed by atoms with Crippen LogP contribution in [-0.2, 0) is 12.7 Å². The summed E-state index contributed by atoms with van der Waals surface area (Å²) in [6, 6.07) is 4.49. The molecule has 0 bridgehead atoms. The molecule has 1 saturated heterocycles. The lowest BCUT2D eigenvalue weighted by Crippen LogP contribution is -2.31. The molecule has 2 aromatic rings. The monoisotopic (exact) mass is 438 g/mol. The van der Waals surface area contributed by atoms with Gasteiger partial charge in [-0.2, -0.15) is 13.2 Å². The molecule has 1 aliphatic rings. The van der Waals surface area contributed by atoms with Crippen molar-refractivity contribution in [1.29, 1.82) is 0 Å². The minimum Gasteiger partial charge on any atom is -0.383 e. The van der Waals surface area contributed by atoms with Crippen LogP contribution < -0.4 is 4.90 Å². The van der Waals surface area contributed by atoms with Crippen molar-refractivity contribution < 1.29 is 22.8 Å². The highest BCUT2D eigenvalue weighted by atomic mass is 32.1. The standard InChI is InChI=1S/C20H21F3N4O2S/c1-13-17(16(28)8-9-25(2)3)30-18(24-13)27-11-10-26(19(27)29)12-14-4-6-15(7-5-14)20(21,22)23/h4-9H,10-12H2,1-3H3. The molecule has 160 valence electrons. The van der Waals surface area contributed by atoms with E-state index in [2.05, 4.69) is 4.98 Å². The third-order valence-corrected chi connectivity index (χ3v) is 5.71. The van der Waals surface area contributed by atoms with Crippen molar-refractivity contribution in [2.75, 3.05) is 32.1 Å². The number of carbonyl (C=O) groups is 2. The first-order valence-electron chi connectivity index (χ1n) is 9.15. The minimum atomic E-state index is -4.39. The Morgan fingerprint density at radius 3 is 2.50 bits per heavy atom. The van der Waals surface area contributed by atoms with Gasteiger partial charge in [0, 0.05) is 46.0 Å². The quantitative estimate of drug-likeness (QED) is 0.502. The molecule has 0 aliphatic carbocycles. The predicted octanol–water partition coefficient (Wildman–Crippen LogP) is 4.17. The maximum atomic E-state index is 12.8. The highest BCUT2D eigenvalue weighted by molar-refractivity contribution is 7.18. The van der Waals surface area contributed by atoms with Crippen molar-refractivity contribution in [3.8, 4) is 0 Å². The number of hydrogen-bond donors (Lipinski definition) is 0. The SMILES string of the molecule is Cc1nc(N2CCN(Cc3ccc(C(F)(F)F)cc3)C2=O)sc1C(=O)C=CN(C)C. The molecule has 2 heterocycles. The first kappa shape index (κ1) is 21.8. The fourth-order valence-electron chi connectivity index (χ4n) is 2.95. The fourth-order valence-corrected chi connectivity index (χ4v) is 3.95. The van der Waals surface area contributed by atoms with Gasteiger partial charge in [0.05, 0.1) is 16.1 Å². The molecule has 3 rings (SSSR count). The molecule has 2 amide bonds. The lowest BCUT2D eigenvalue weighted by Gasteiger charge is -2.17. The molecular weight excluding hydrogens is 417 g/mol. The molecule has 6 nitrogen and oxygen atoms in total. The Labute approximate surface area is 176 Å². The molecule has 0 saturated carbocycles. The number of alkyl halides is 3. The van der Waals surface area contributed by atoms with E-state index in [1.165, 1.54) is 23.1 Å². The van der Waals surface area contributed by atoms with E-state index in [1.807, 2.05) is 14.1 Å². The molecule has 1 aromatic carbocycles. The Kier molecular flexibility index (Phi) is 6.16. The lowest BCUT2D eigenvalue weighted by molar-refractivity contribution is -0.137. The van der Waals surface area contributed by atoms with Gasteiger partial charge in [0.15, 0.2) is 10.9 Å². The summed E-state index contributed by atoms with van der Waals surface area (Å²) in [7, 11) is 3.62. The number of ketones is 1. The highest BCUT2D eigenvalue weighted by Gasteiger charge is 2.33. The molecule has 1 fully saturated rings. The molecule has 30 heavy (non-hydrogen) atoms. The molecule has 0 atom stereocenters. The normalized spacial score (nSPS) is 14.8. The Hall–Kier alpha value is -2.88. The second-order valence-corrected chi connectivity index (χ2v) is 8.08. The fraction of sp³-hybridized carbons (Fsp3) is 0.350. The van der Waals surface area contributed by atoms with Crippen molar-refractivity contribution in [2.24, 2.45) is 0 Å². The summed E-state index contributed by atoms with van der Waals surface area (Å²) in [5.74, 6) is -0.182. The van der Waals surface area contributed by atoms with E-state index in [1.54, 1.807) is 22.9 Å². The number of halogens is 3. The number of urea groups is 1. The van der Waals surface area contributed by atoms with E-state index >= 15 is 0 Å². The van der Waals surface area contributed by atoms with Crippen LogP contribution in [0.5, 0.6) is 0 Å². The summed E-state index contributed by atoms with van der Waals surface area (Å²) in [4.78, 5) is 34.8. The van der Waals surface area contributed by atoms with Gasteiger partial charge in [-0.25, -0.2) is 9.78 Å². The number of benzene rings is 1. The Balaban J connectivity index is 1.70. The van der Waals surface area contributed by atoms with Crippen LogP contribution in [0.3, 0.4) is 0 Å². The van der Waals surface area contributed by atoms with Gasteiger partial charge in [0.25, 0.3) is 0 Å². The number of allylic oxidation sites excluding steroid dienone is 1. The van der Waals surface area contributed by atoms with Crippen LogP contribution in [0.2, 0.25) is 0 Å². The minimum absolute atomic E-state index is 0.182. The third-order valence-electron chi connectivity index (χ3n) is 4.51. The second-order valence-electron chi connectivity index (χ2n) is 7.11. The van der Waals surface area contributed by atoms with Gasteiger partial charge in [-0.3, -0.25) is 9.69 Å². The van der Waals surface area contributed by atoms with Crippen molar-refractivity contribution in [2.45, 2.75) is 19.6 Å². The molecule has 0 spiro atoms. The average molecular weight is 438 g/mol. The summed E-state index contributed by atoms with van der Waals surface area (Å²) in [5, 5.41) is 0.439. The van der Waals surface area contributed by atoms with E-state index in [0.717, 1.165) is 23.5 Å². The zero-order valence-corrected chi connectivity index (χ0v) is 17.5. The summed E-state index contributed by atoms with van der Waals surface area (Å²) >= 11 is 1.16. The van der Waals surface area contributed by atoms with Crippen LogP contribution in [0.1, 0.15) is 26.5 Å². The van der Waals surface area contributed by atoms with Crippen molar-refractivity contribution in [1.82, 2.24) is 14.8 Å². The highest BCUT2D eigenvalue weighted by Crippen LogP contribution is 2.31. The van der Waals surface area contributed by atoms with Crippen LogP contribution in [0, 0.1) is 6.92 Å². The van der Waals surface area contributed by atoms with Gasteiger partial charge in [-0.05, 0) is 24.6 Å². The second kappa shape index (κ2) is 8.47. The maximum Gasteiger partial charge on any atom is 0.416 e. The summed E-state index contributed by atoms with van der Waals surface area (Å²) in [5.41, 5.74) is 0.440. The van der Waals surface area contributed by atoms with Crippen LogP contribution in [0.25, 0.3) is 0 Å². The molecule has 1 aromatic heterocycles. The number of nitrogens with zero attached hydrogens (tertiary/aromatic N) is 4. The number of amides is 2. The third kappa shape index (κ3) is 4.81. The number of rotatable bonds is 6. The topological polar surface area (TPSA) is 56.8 Å². The van der Waals surface area contributed by atoms with Gasteiger partial charge >= 0.3 is 12.2 Å². The number of hydrogen-bond acceptors (Lipinski definition) is 5. The van der Waals surface area contributed by atoms with Crippen LogP contribution in [0.15, 0.2) is 36.5 Å². The number of carbonyl (C=O) groups excluding carboxylic acids is 2. The van der Waals surface area contributed by atoms with E-state index < -0.39 is 11.7 Å². The summed E-state index contributed by atoms with van der Waals surface area (Å²) in [6.07, 6.45) is -1.29. The molecule has 0 N–H and O–H groups in total. The smallest absolute Gasteiger partial charge is 0.383 e. The van der Waals surface area contributed by atoms with Crippen LogP contribution in [-0.4, -0.2) is 53.8 Å². The molecular formula is C20H21F3N4O2S.